The maximum atomic E-state index is 13.8. The van der Waals surface area contributed by atoms with Gasteiger partial charge in [0.05, 0.1) is 6.42 Å². The first kappa shape index (κ1) is 25.3. The Morgan fingerprint density at radius 2 is 1.43 bits per heavy atom. The number of nitrogens with zero attached hydrogens (tertiary/aromatic N) is 1. The molecule has 0 heterocycles. The fraction of sp³-hybridized carbons (Fsp3) is 0.310. The van der Waals surface area contributed by atoms with E-state index < -0.39 is 6.04 Å². The molecular formula is C29H30Cl2N2O2. The van der Waals surface area contributed by atoms with Crippen molar-refractivity contribution in [3.8, 4) is 0 Å². The van der Waals surface area contributed by atoms with Gasteiger partial charge in [-0.15, -0.1) is 0 Å². The molecule has 1 aliphatic rings. The van der Waals surface area contributed by atoms with E-state index in [0.717, 1.165) is 42.4 Å². The smallest absolute Gasteiger partial charge is 0.243 e. The van der Waals surface area contributed by atoms with Crippen molar-refractivity contribution >= 4 is 35.0 Å². The van der Waals surface area contributed by atoms with Crippen LogP contribution in [0.15, 0.2) is 78.9 Å². The van der Waals surface area contributed by atoms with Crippen LogP contribution in [-0.2, 0) is 29.0 Å². The Kier molecular flexibility index (Phi) is 8.84. The predicted molar refractivity (Wildman–Crippen MR) is 141 cm³/mol. The van der Waals surface area contributed by atoms with Crippen molar-refractivity contribution < 1.29 is 9.59 Å². The second kappa shape index (κ2) is 12.2. The quantitative estimate of drug-likeness (QED) is 0.372. The van der Waals surface area contributed by atoms with E-state index in [0.29, 0.717) is 16.5 Å². The van der Waals surface area contributed by atoms with E-state index in [9.17, 15) is 9.59 Å². The molecule has 1 aliphatic carbocycles. The second-order valence-corrected chi connectivity index (χ2v) is 10.0. The molecule has 0 unspecified atom stereocenters. The van der Waals surface area contributed by atoms with Crippen molar-refractivity contribution in [3.05, 3.63) is 106 Å². The minimum atomic E-state index is -0.649. The summed E-state index contributed by atoms with van der Waals surface area (Å²) in [5.41, 5.74) is 2.70. The molecule has 6 heteroatoms. The van der Waals surface area contributed by atoms with Crippen LogP contribution in [0.2, 0.25) is 10.0 Å². The van der Waals surface area contributed by atoms with E-state index in [4.69, 9.17) is 23.2 Å². The van der Waals surface area contributed by atoms with Gasteiger partial charge in [0.15, 0.2) is 0 Å². The monoisotopic (exact) mass is 508 g/mol. The number of carbonyl (C=O) groups is 2. The molecule has 1 atom stereocenters. The van der Waals surface area contributed by atoms with Crippen LogP contribution in [0.25, 0.3) is 0 Å². The highest BCUT2D eigenvalue weighted by Crippen LogP contribution is 2.22. The summed E-state index contributed by atoms with van der Waals surface area (Å²) in [5, 5.41) is 4.40. The zero-order valence-electron chi connectivity index (χ0n) is 19.6. The summed E-state index contributed by atoms with van der Waals surface area (Å²) in [5.74, 6) is -0.239. The zero-order chi connectivity index (χ0) is 24.6. The molecule has 1 N–H and O–H groups in total. The van der Waals surface area contributed by atoms with Gasteiger partial charge in [-0.2, -0.15) is 0 Å². The van der Waals surface area contributed by atoms with Gasteiger partial charge in [-0.3, -0.25) is 9.59 Å². The van der Waals surface area contributed by atoms with Gasteiger partial charge in [0.2, 0.25) is 11.8 Å². The van der Waals surface area contributed by atoms with Gasteiger partial charge in [0.25, 0.3) is 0 Å². The van der Waals surface area contributed by atoms with Crippen LogP contribution in [0.5, 0.6) is 0 Å². The fourth-order valence-corrected chi connectivity index (χ4v) is 5.10. The molecule has 0 radical (unpaired) electrons. The molecule has 2 amide bonds. The summed E-state index contributed by atoms with van der Waals surface area (Å²) in [7, 11) is 0. The lowest BCUT2D eigenvalue weighted by atomic mass is 10.0. The van der Waals surface area contributed by atoms with Crippen molar-refractivity contribution in [2.45, 2.75) is 57.2 Å². The summed E-state index contributed by atoms with van der Waals surface area (Å²) in [6, 6.07) is 24.1. The number of amides is 2. The summed E-state index contributed by atoms with van der Waals surface area (Å²) >= 11 is 12.4. The molecule has 4 rings (SSSR count). The van der Waals surface area contributed by atoms with Gasteiger partial charge in [-0.1, -0.05) is 90.6 Å². The Labute approximate surface area is 217 Å². The van der Waals surface area contributed by atoms with Crippen LogP contribution in [0, 0.1) is 0 Å². The van der Waals surface area contributed by atoms with E-state index in [1.807, 2.05) is 60.7 Å². The lowest BCUT2D eigenvalue weighted by molar-refractivity contribution is -0.141. The largest absolute Gasteiger partial charge is 0.352 e. The second-order valence-electron chi connectivity index (χ2n) is 9.15. The average molecular weight is 509 g/mol. The first-order chi connectivity index (χ1) is 17.0. The molecule has 0 bridgehead atoms. The first-order valence-corrected chi connectivity index (χ1v) is 12.9. The maximum absolute atomic E-state index is 13.8. The standard InChI is InChI=1S/C29H30Cl2N2O2/c30-24-12-6-10-22(16-24)19-28(34)33(20-23-11-7-13-25(31)17-23)27(18-21-8-2-1-3-9-21)29(35)32-26-14-4-5-15-26/h1-3,6-13,16-17,26-27H,4-5,14-15,18-20H2,(H,32,35)/t27-/m1/s1. The first-order valence-electron chi connectivity index (χ1n) is 12.1. The lowest BCUT2D eigenvalue weighted by Gasteiger charge is -2.32. The fourth-order valence-electron chi connectivity index (χ4n) is 4.68. The highest BCUT2D eigenvalue weighted by atomic mass is 35.5. The van der Waals surface area contributed by atoms with Gasteiger partial charge in [-0.05, 0) is 53.8 Å². The van der Waals surface area contributed by atoms with E-state index >= 15 is 0 Å². The number of carbonyl (C=O) groups excluding carboxylic acids is 2. The van der Waals surface area contributed by atoms with Crippen molar-refractivity contribution in [1.29, 1.82) is 0 Å². The van der Waals surface area contributed by atoms with E-state index in [-0.39, 0.29) is 30.8 Å². The number of halogens is 2. The molecule has 3 aromatic rings. The van der Waals surface area contributed by atoms with Crippen molar-refractivity contribution in [2.24, 2.45) is 0 Å². The SMILES string of the molecule is O=C(NC1CCCC1)[C@@H](Cc1ccccc1)N(Cc1cccc(Cl)c1)C(=O)Cc1cccc(Cl)c1. The molecule has 0 spiro atoms. The van der Waals surface area contributed by atoms with Crippen LogP contribution in [0.1, 0.15) is 42.4 Å². The number of hydrogen-bond acceptors (Lipinski definition) is 2. The van der Waals surface area contributed by atoms with Gasteiger partial charge < -0.3 is 10.2 Å². The van der Waals surface area contributed by atoms with Crippen LogP contribution in [0.4, 0.5) is 0 Å². The third kappa shape index (κ3) is 7.33. The predicted octanol–water partition coefficient (Wildman–Crippen LogP) is 6.23. The molecule has 1 fully saturated rings. The Morgan fingerprint density at radius 1 is 0.829 bits per heavy atom. The summed E-state index contributed by atoms with van der Waals surface area (Å²) in [6.45, 7) is 0.287. The minimum Gasteiger partial charge on any atom is -0.352 e. The van der Waals surface area contributed by atoms with Gasteiger partial charge >= 0.3 is 0 Å². The van der Waals surface area contributed by atoms with Crippen LogP contribution in [-0.4, -0.2) is 28.8 Å². The maximum Gasteiger partial charge on any atom is 0.243 e. The minimum absolute atomic E-state index is 0.109. The van der Waals surface area contributed by atoms with Gasteiger partial charge in [-0.25, -0.2) is 0 Å². The summed E-state index contributed by atoms with van der Waals surface area (Å²) in [6.07, 6.45) is 4.79. The van der Waals surface area contributed by atoms with Gasteiger partial charge in [0.1, 0.15) is 6.04 Å². The topological polar surface area (TPSA) is 49.4 Å². The highest BCUT2D eigenvalue weighted by molar-refractivity contribution is 6.30. The molecule has 1 saturated carbocycles. The van der Waals surface area contributed by atoms with Crippen LogP contribution in [0.3, 0.4) is 0 Å². The normalized spacial score (nSPS) is 14.5. The Morgan fingerprint density at radius 3 is 2.09 bits per heavy atom. The summed E-state index contributed by atoms with van der Waals surface area (Å²) in [4.78, 5) is 29.1. The van der Waals surface area contributed by atoms with E-state index in [1.54, 1.807) is 23.1 Å². The third-order valence-corrected chi connectivity index (χ3v) is 6.93. The van der Waals surface area contributed by atoms with Crippen LogP contribution < -0.4 is 5.32 Å². The number of benzene rings is 3. The van der Waals surface area contributed by atoms with Crippen molar-refractivity contribution in [3.63, 3.8) is 0 Å². The zero-order valence-corrected chi connectivity index (χ0v) is 21.1. The van der Waals surface area contributed by atoms with Gasteiger partial charge in [0, 0.05) is 29.1 Å². The molecular weight excluding hydrogens is 479 g/mol. The molecule has 182 valence electrons. The number of hydrogen-bond donors (Lipinski definition) is 1. The lowest BCUT2D eigenvalue weighted by Crippen LogP contribution is -2.52. The average Bonchev–Trinajstić information content (AvgIpc) is 3.35. The summed E-state index contributed by atoms with van der Waals surface area (Å²) < 4.78 is 0. The third-order valence-electron chi connectivity index (χ3n) is 6.46. The van der Waals surface area contributed by atoms with Crippen LogP contribution >= 0.6 is 23.2 Å². The molecule has 4 nitrogen and oxygen atoms in total. The highest BCUT2D eigenvalue weighted by Gasteiger charge is 2.32. The number of nitrogens with one attached hydrogen (secondary N) is 1. The number of rotatable bonds is 9. The van der Waals surface area contributed by atoms with Crippen molar-refractivity contribution in [2.75, 3.05) is 0 Å². The molecule has 0 aliphatic heterocycles. The molecule has 0 aromatic heterocycles. The van der Waals surface area contributed by atoms with E-state index in [2.05, 4.69) is 5.32 Å². The Hall–Kier alpha value is -2.82. The Bertz CT molecular complexity index is 1150. The Balaban J connectivity index is 1.66. The van der Waals surface area contributed by atoms with Crippen molar-refractivity contribution in [1.82, 2.24) is 10.2 Å². The molecule has 35 heavy (non-hydrogen) atoms. The van der Waals surface area contributed by atoms with E-state index in [1.165, 1.54) is 0 Å². The molecule has 3 aromatic carbocycles. The molecule has 0 saturated heterocycles.